The maximum Gasteiger partial charge on any atom is 0.158 e. The molecule has 6 heteroatoms. The number of rotatable bonds is 6. The van der Waals surface area contributed by atoms with Crippen molar-refractivity contribution in [2.75, 3.05) is 18.2 Å². The van der Waals surface area contributed by atoms with Gasteiger partial charge in [0.05, 0.1) is 18.0 Å². The van der Waals surface area contributed by atoms with Gasteiger partial charge >= 0.3 is 0 Å². The maximum atomic E-state index is 5.99. The molecule has 22 heavy (non-hydrogen) atoms. The van der Waals surface area contributed by atoms with Crippen molar-refractivity contribution in [3.8, 4) is 0 Å². The van der Waals surface area contributed by atoms with Crippen LogP contribution in [0, 0.1) is 0 Å². The summed E-state index contributed by atoms with van der Waals surface area (Å²) >= 11 is 0. The second-order valence-corrected chi connectivity index (χ2v) is 5.60. The van der Waals surface area contributed by atoms with E-state index in [9.17, 15) is 0 Å². The second kappa shape index (κ2) is 8.14. The third-order valence-electron chi connectivity index (χ3n) is 3.60. The van der Waals surface area contributed by atoms with E-state index >= 15 is 0 Å². The molecule has 0 saturated carbocycles. The molecule has 122 valence electrons. The second-order valence-electron chi connectivity index (χ2n) is 5.60. The molecule has 1 aromatic rings. The van der Waals surface area contributed by atoms with Crippen LogP contribution in [0.1, 0.15) is 37.8 Å². The first kappa shape index (κ1) is 16.8. The fourth-order valence-corrected chi connectivity index (χ4v) is 2.27. The van der Waals surface area contributed by atoms with E-state index in [-0.39, 0.29) is 12.3 Å². The molecule has 1 fully saturated rings. The largest absolute Gasteiger partial charge is 0.399 e. The summed E-state index contributed by atoms with van der Waals surface area (Å²) < 4.78 is 11.1. The highest BCUT2D eigenvalue weighted by atomic mass is 16.7. The van der Waals surface area contributed by atoms with E-state index in [4.69, 9.17) is 26.8 Å². The van der Waals surface area contributed by atoms with Gasteiger partial charge in [0.1, 0.15) is 0 Å². The van der Waals surface area contributed by atoms with Crippen molar-refractivity contribution < 1.29 is 9.47 Å². The summed E-state index contributed by atoms with van der Waals surface area (Å²) in [7, 11) is 0. The number of anilines is 1. The molecule has 2 atom stereocenters. The van der Waals surface area contributed by atoms with Crippen LogP contribution < -0.4 is 22.3 Å². The molecule has 2 rings (SSSR count). The van der Waals surface area contributed by atoms with Crippen molar-refractivity contribution in [2.45, 2.75) is 38.5 Å². The summed E-state index contributed by atoms with van der Waals surface area (Å²) in [6.45, 7) is 3.00. The highest BCUT2D eigenvalue weighted by molar-refractivity contribution is 5.49. The van der Waals surface area contributed by atoms with E-state index in [1.54, 1.807) is 6.20 Å². The Balaban J connectivity index is 1.86. The van der Waals surface area contributed by atoms with Crippen molar-refractivity contribution in [3.05, 3.63) is 41.7 Å². The fourth-order valence-electron chi connectivity index (χ4n) is 2.27. The lowest BCUT2D eigenvalue weighted by Crippen LogP contribution is -2.28. The van der Waals surface area contributed by atoms with E-state index in [1.807, 2.05) is 31.2 Å². The Kier molecular flexibility index (Phi) is 6.21. The minimum atomic E-state index is -0.155. The summed E-state index contributed by atoms with van der Waals surface area (Å²) in [5.74, 6) is 5.99. The van der Waals surface area contributed by atoms with Crippen LogP contribution in [0.2, 0.25) is 0 Å². The minimum Gasteiger partial charge on any atom is -0.399 e. The van der Waals surface area contributed by atoms with Gasteiger partial charge in [-0.1, -0.05) is 12.1 Å². The van der Waals surface area contributed by atoms with Gasteiger partial charge in [0.25, 0.3) is 0 Å². The predicted molar refractivity (Wildman–Crippen MR) is 87.5 cm³/mol. The molecule has 1 aliphatic heterocycles. The molecule has 1 saturated heterocycles. The van der Waals surface area contributed by atoms with Gasteiger partial charge in [0.15, 0.2) is 6.29 Å². The Morgan fingerprint density at radius 1 is 1.41 bits per heavy atom. The normalized spacial score (nSPS) is 20.7. The zero-order chi connectivity index (χ0) is 15.9. The van der Waals surface area contributed by atoms with E-state index in [1.165, 1.54) is 5.01 Å². The van der Waals surface area contributed by atoms with Gasteiger partial charge in [-0.05, 0) is 43.9 Å². The van der Waals surface area contributed by atoms with Crippen LogP contribution in [0.25, 0.3) is 0 Å². The Morgan fingerprint density at radius 3 is 2.73 bits per heavy atom. The van der Waals surface area contributed by atoms with Gasteiger partial charge in [-0.25, -0.2) is 5.84 Å². The molecule has 0 bridgehead atoms. The smallest absolute Gasteiger partial charge is 0.158 e. The highest BCUT2D eigenvalue weighted by Gasteiger charge is 2.14. The number of hydrazine groups is 1. The topological polar surface area (TPSA) is 99.8 Å². The van der Waals surface area contributed by atoms with Gasteiger partial charge in [-0.15, -0.1) is 0 Å². The molecule has 6 nitrogen and oxygen atoms in total. The van der Waals surface area contributed by atoms with Crippen molar-refractivity contribution >= 4 is 5.69 Å². The van der Waals surface area contributed by atoms with Gasteiger partial charge < -0.3 is 20.9 Å². The lowest BCUT2D eigenvalue weighted by Gasteiger charge is -2.23. The summed E-state index contributed by atoms with van der Waals surface area (Å²) in [6.07, 6.45) is 4.64. The van der Waals surface area contributed by atoms with Crippen LogP contribution >= 0.6 is 0 Å². The average molecular weight is 306 g/mol. The first-order valence-electron chi connectivity index (χ1n) is 7.65. The molecular weight excluding hydrogens is 280 g/mol. The van der Waals surface area contributed by atoms with Crippen LogP contribution in [-0.2, 0) is 9.47 Å². The molecule has 0 aromatic heterocycles. The monoisotopic (exact) mass is 306 g/mol. The zero-order valence-electron chi connectivity index (χ0n) is 13.1. The third kappa shape index (κ3) is 4.99. The molecule has 1 heterocycles. The van der Waals surface area contributed by atoms with Crippen molar-refractivity contribution in [1.29, 1.82) is 0 Å². The van der Waals surface area contributed by atoms with Crippen LogP contribution in [0.4, 0.5) is 5.69 Å². The Bertz CT molecular complexity index is 481. The van der Waals surface area contributed by atoms with E-state index in [2.05, 4.69) is 0 Å². The van der Waals surface area contributed by atoms with Crippen LogP contribution in [0.3, 0.4) is 0 Å². The SMILES string of the molecule is CC(N)c1ccc(N(N)/C=C(\N)COC2CCCCO2)cc1. The van der Waals surface area contributed by atoms with Gasteiger partial charge in [0, 0.05) is 18.8 Å². The van der Waals surface area contributed by atoms with Crippen LogP contribution in [0.5, 0.6) is 0 Å². The molecule has 2 unspecified atom stereocenters. The van der Waals surface area contributed by atoms with Gasteiger partial charge in [-0.2, -0.15) is 0 Å². The van der Waals surface area contributed by atoms with E-state index in [0.29, 0.717) is 12.3 Å². The summed E-state index contributed by atoms with van der Waals surface area (Å²) in [5, 5.41) is 1.48. The first-order valence-corrected chi connectivity index (χ1v) is 7.65. The quantitative estimate of drug-likeness (QED) is 0.547. The molecule has 0 spiro atoms. The minimum absolute atomic E-state index is 0.00443. The molecule has 0 amide bonds. The highest BCUT2D eigenvalue weighted by Crippen LogP contribution is 2.17. The molecule has 0 aliphatic carbocycles. The van der Waals surface area contributed by atoms with Gasteiger partial charge in [0.2, 0.25) is 0 Å². The summed E-state index contributed by atoms with van der Waals surface area (Å²) in [6, 6.07) is 7.73. The maximum absolute atomic E-state index is 5.99. The third-order valence-corrected chi connectivity index (χ3v) is 3.60. The number of nitrogens with zero attached hydrogens (tertiary/aromatic N) is 1. The molecule has 1 aliphatic rings. The molecule has 6 N–H and O–H groups in total. The lowest BCUT2D eigenvalue weighted by atomic mass is 10.1. The van der Waals surface area contributed by atoms with Gasteiger partial charge in [-0.3, -0.25) is 5.01 Å². The van der Waals surface area contributed by atoms with Crippen molar-refractivity contribution in [2.24, 2.45) is 17.3 Å². The predicted octanol–water partition coefficient (Wildman–Crippen LogP) is 1.73. The number of hydrogen-bond acceptors (Lipinski definition) is 6. The number of nitrogens with two attached hydrogens (primary N) is 3. The van der Waals surface area contributed by atoms with Crippen LogP contribution in [-0.4, -0.2) is 19.5 Å². The van der Waals surface area contributed by atoms with Crippen LogP contribution in [0.15, 0.2) is 36.2 Å². The first-order chi connectivity index (χ1) is 10.6. The molecule has 1 aromatic carbocycles. The van der Waals surface area contributed by atoms with E-state index < -0.39 is 0 Å². The Labute approximate surface area is 131 Å². The Hall–Kier alpha value is -1.60. The standard InChI is InChI=1S/C16H26N4O2/c1-12(17)13-5-7-15(8-6-13)20(19)10-14(18)11-22-16-4-2-3-9-21-16/h5-8,10,12,16H,2-4,9,11,17-19H2,1H3/b14-10-. The zero-order valence-corrected chi connectivity index (χ0v) is 13.1. The number of benzene rings is 1. The molecule has 0 radical (unpaired) electrons. The fraction of sp³-hybridized carbons (Fsp3) is 0.500. The lowest BCUT2D eigenvalue weighted by molar-refractivity contribution is -0.157. The number of hydrogen-bond donors (Lipinski definition) is 3. The summed E-state index contributed by atoms with van der Waals surface area (Å²) in [4.78, 5) is 0. The van der Waals surface area contributed by atoms with Crippen molar-refractivity contribution in [1.82, 2.24) is 0 Å². The average Bonchev–Trinajstić information content (AvgIpc) is 2.54. The van der Waals surface area contributed by atoms with E-state index in [0.717, 1.165) is 37.1 Å². The van der Waals surface area contributed by atoms with Crippen molar-refractivity contribution in [3.63, 3.8) is 0 Å². The summed E-state index contributed by atoms with van der Waals surface area (Å²) in [5.41, 5.74) is 14.2. The molecular formula is C16H26N4O2. The number of ether oxygens (including phenoxy) is 2. The Morgan fingerprint density at radius 2 is 2.14 bits per heavy atom.